The Morgan fingerprint density at radius 1 is 1.22 bits per heavy atom. The molecule has 1 aromatic carbocycles. The molecule has 3 rings (SSSR count). The van der Waals surface area contributed by atoms with Crippen molar-refractivity contribution in [1.82, 2.24) is 10.2 Å². The normalized spacial score (nSPS) is 27.3. The number of hydrogen-bond donors (Lipinski definition) is 1. The Labute approximate surface area is 106 Å². The highest BCUT2D eigenvalue weighted by Gasteiger charge is 2.35. The minimum absolute atomic E-state index is 0.168. The van der Waals surface area contributed by atoms with Crippen LogP contribution in [-0.4, -0.2) is 36.0 Å². The highest BCUT2D eigenvalue weighted by atomic mass is 16.6. The molecular formula is C13H17N3O2. The van der Waals surface area contributed by atoms with Crippen molar-refractivity contribution in [3.05, 3.63) is 39.9 Å². The van der Waals surface area contributed by atoms with Gasteiger partial charge >= 0.3 is 0 Å². The molecule has 2 aliphatic heterocycles. The van der Waals surface area contributed by atoms with Gasteiger partial charge in [0.05, 0.1) is 4.92 Å². The quantitative estimate of drug-likeness (QED) is 0.645. The van der Waals surface area contributed by atoms with Gasteiger partial charge in [-0.25, -0.2) is 0 Å². The van der Waals surface area contributed by atoms with Gasteiger partial charge in [-0.15, -0.1) is 0 Å². The van der Waals surface area contributed by atoms with Crippen LogP contribution in [0.25, 0.3) is 0 Å². The minimum atomic E-state index is -0.351. The number of hydrogen-bond acceptors (Lipinski definition) is 4. The Morgan fingerprint density at radius 2 is 1.83 bits per heavy atom. The second-order valence-electron chi connectivity index (χ2n) is 5.30. The molecule has 0 amide bonds. The summed E-state index contributed by atoms with van der Waals surface area (Å²) >= 11 is 0. The van der Waals surface area contributed by atoms with Crippen LogP contribution in [0.5, 0.6) is 0 Å². The van der Waals surface area contributed by atoms with Crippen molar-refractivity contribution < 1.29 is 4.92 Å². The maximum Gasteiger partial charge on any atom is 0.269 e. The van der Waals surface area contributed by atoms with E-state index in [1.54, 1.807) is 12.1 Å². The third-order valence-corrected chi connectivity index (χ3v) is 4.02. The maximum absolute atomic E-state index is 10.6. The Hall–Kier alpha value is -1.46. The van der Waals surface area contributed by atoms with Crippen LogP contribution >= 0.6 is 0 Å². The van der Waals surface area contributed by atoms with Gasteiger partial charge < -0.3 is 5.32 Å². The number of nitrogens with one attached hydrogen (secondary N) is 1. The lowest BCUT2D eigenvalue weighted by Gasteiger charge is -2.16. The van der Waals surface area contributed by atoms with Crippen LogP contribution in [0, 0.1) is 22.0 Å². The van der Waals surface area contributed by atoms with Gasteiger partial charge in [-0.05, 0) is 30.5 Å². The predicted octanol–water partition coefficient (Wildman–Crippen LogP) is 1.25. The van der Waals surface area contributed by atoms with Crippen LogP contribution in [0.1, 0.15) is 5.56 Å². The molecule has 0 saturated carbocycles. The predicted molar refractivity (Wildman–Crippen MR) is 68.2 cm³/mol. The Bertz CT molecular complexity index is 434. The van der Waals surface area contributed by atoms with Crippen molar-refractivity contribution in [3.63, 3.8) is 0 Å². The lowest BCUT2D eigenvalue weighted by atomic mass is 10.0. The zero-order valence-corrected chi connectivity index (χ0v) is 10.2. The maximum atomic E-state index is 10.6. The number of rotatable bonds is 3. The third-order valence-electron chi connectivity index (χ3n) is 4.02. The van der Waals surface area contributed by atoms with E-state index in [9.17, 15) is 10.1 Å². The molecule has 2 fully saturated rings. The zero-order chi connectivity index (χ0) is 12.5. The summed E-state index contributed by atoms with van der Waals surface area (Å²) in [4.78, 5) is 12.7. The summed E-state index contributed by atoms with van der Waals surface area (Å²) in [6.07, 6.45) is 0. The number of nitro groups is 1. The van der Waals surface area contributed by atoms with Crippen LogP contribution in [0.15, 0.2) is 24.3 Å². The fourth-order valence-electron chi connectivity index (χ4n) is 3.06. The van der Waals surface area contributed by atoms with E-state index in [1.165, 1.54) is 0 Å². The van der Waals surface area contributed by atoms with Gasteiger partial charge in [-0.2, -0.15) is 0 Å². The number of nitro benzene ring substituents is 1. The van der Waals surface area contributed by atoms with Gasteiger partial charge in [0.2, 0.25) is 0 Å². The summed E-state index contributed by atoms with van der Waals surface area (Å²) in [6.45, 7) is 5.48. The van der Waals surface area contributed by atoms with Crippen molar-refractivity contribution in [3.8, 4) is 0 Å². The molecule has 2 saturated heterocycles. The van der Waals surface area contributed by atoms with E-state index >= 15 is 0 Å². The first-order valence-corrected chi connectivity index (χ1v) is 6.39. The Balaban J connectivity index is 1.61. The van der Waals surface area contributed by atoms with E-state index in [2.05, 4.69) is 10.2 Å². The summed E-state index contributed by atoms with van der Waals surface area (Å²) in [7, 11) is 0. The summed E-state index contributed by atoms with van der Waals surface area (Å²) in [6, 6.07) is 6.91. The van der Waals surface area contributed by atoms with Crippen LogP contribution < -0.4 is 5.32 Å². The standard InChI is InChI=1S/C13H17N3O2/c17-16(18)13-3-1-10(2-4-13)7-15-8-11-5-14-6-12(11)9-15/h1-4,11-12,14H,5-9H2. The van der Waals surface area contributed by atoms with Gasteiger partial charge in [0.1, 0.15) is 0 Å². The van der Waals surface area contributed by atoms with Crippen LogP contribution in [0.4, 0.5) is 5.69 Å². The van der Waals surface area contributed by atoms with Crippen LogP contribution in [0.3, 0.4) is 0 Å². The number of nitrogens with zero attached hydrogens (tertiary/aromatic N) is 2. The molecule has 0 aromatic heterocycles. The third kappa shape index (κ3) is 2.23. The smallest absolute Gasteiger partial charge is 0.269 e. The van der Waals surface area contributed by atoms with Crippen LogP contribution in [-0.2, 0) is 6.54 Å². The Kier molecular flexibility index (Phi) is 3.01. The molecule has 1 aromatic rings. The first kappa shape index (κ1) is 11.6. The van der Waals surface area contributed by atoms with Crippen molar-refractivity contribution in [2.45, 2.75) is 6.54 Å². The van der Waals surface area contributed by atoms with E-state index < -0.39 is 0 Å². The van der Waals surface area contributed by atoms with Gasteiger partial charge in [0, 0.05) is 31.8 Å². The van der Waals surface area contributed by atoms with Gasteiger partial charge in [0.15, 0.2) is 0 Å². The number of likely N-dealkylation sites (tertiary alicyclic amines) is 1. The topological polar surface area (TPSA) is 58.4 Å². The molecule has 5 nitrogen and oxygen atoms in total. The molecule has 5 heteroatoms. The molecule has 2 atom stereocenters. The molecule has 18 heavy (non-hydrogen) atoms. The molecule has 0 aliphatic carbocycles. The summed E-state index contributed by atoms with van der Waals surface area (Å²) < 4.78 is 0. The molecule has 1 N–H and O–H groups in total. The first-order chi connectivity index (χ1) is 8.72. The largest absolute Gasteiger partial charge is 0.316 e. The average molecular weight is 247 g/mol. The number of benzene rings is 1. The molecule has 0 spiro atoms. The zero-order valence-electron chi connectivity index (χ0n) is 10.2. The highest BCUT2D eigenvalue weighted by molar-refractivity contribution is 5.32. The fourth-order valence-corrected chi connectivity index (χ4v) is 3.06. The van der Waals surface area contributed by atoms with Gasteiger partial charge in [0.25, 0.3) is 5.69 Å². The summed E-state index contributed by atoms with van der Waals surface area (Å²) in [5, 5.41) is 14.0. The van der Waals surface area contributed by atoms with Crippen LogP contribution in [0.2, 0.25) is 0 Å². The lowest BCUT2D eigenvalue weighted by Crippen LogP contribution is -2.25. The number of non-ortho nitro benzene ring substituents is 1. The van der Waals surface area contributed by atoms with Crippen molar-refractivity contribution >= 4 is 5.69 Å². The van der Waals surface area contributed by atoms with E-state index in [-0.39, 0.29) is 10.6 Å². The lowest BCUT2D eigenvalue weighted by molar-refractivity contribution is -0.384. The van der Waals surface area contributed by atoms with E-state index in [1.807, 2.05) is 12.1 Å². The van der Waals surface area contributed by atoms with E-state index in [4.69, 9.17) is 0 Å². The monoisotopic (exact) mass is 247 g/mol. The van der Waals surface area contributed by atoms with Gasteiger partial charge in [-0.3, -0.25) is 15.0 Å². The summed E-state index contributed by atoms with van der Waals surface area (Å²) in [5.74, 6) is 1.59. The number of fused-ring (bicyclic) bond motifs is 1. The highest BCUT2D eigenvalue weighted by Crippen LogP contribution is 2.27. The molecule has 2 unspecified atom stereocenters. The van der Waals surface area contributed by atoms with E-state index in [0.717, 1.165) is 50.1 Å². The molecule has 2 heterocycles. The molecule has 96 valence electrons. The SMILES string of the molecule is O=[N+]([O-])c1ccc(CN2CC3CNCC3C2)cc1. The molecule has 0 bridgehead atoms. The average Bonchev–Trinajstić information content (AvgIpc) is 2.90. The van der Waals surface area contributed by atoms with Crippen molar-refractivity contribution in [2.75, 3.05) is 26.2 Å². The molecular weight excluding hydrogens is 230 g/mol. The first-order valence-electron chi connectivity index (χ1n) is 6.39. The Morgan fingerprint density at radius 3 is 2.39 bits per heavy atom. The second-order valence-corrected chi connectivity index (χ2v) is 5.30. The molecule has 2 aliphatic rings. The fraction of sp³-hybridized carbons (Fsp3) is 0.538. The van der Waals surface area contributed by atoms with Gasteiger partial charge in [-0.1, -0.05) is 12.1 Å². The van der Waals surface area contributed by atoms with Crippen molar-refractivity contribution in [2.24, 2.45) is 11.8 Å². The minimum Gasteiger partial charge on any atom is -0.316 e. The van der Waals surface area contributed by atoms with Crippen molar-refractivity contribution in [1.29, 1.82) is 0 Å². The summed E-state index contributed by atoms with van der Waals surface area (Å²) in [5.41, 5.74) is 1.33. The molecule has 0 radical (unpaired) electrons. The second kappa shape index (κ2) is 4.66. The van der Waals surface area contributed by atoms with E-state index in [0.29, 0.717) is 0 Å².